The zero-order valence-electron chi connectivity index (χ0n) is 17.5. The number of ether oxygens (including phenoxy) is 1. The maximum absolute atomic E-state index is 9.29. The Morgan fingerprint density at radius 3 is 2.30 bits per heavy atom. The van der Waals surface area contributed by atoms with Crippen molar-refractivity contribution in [2.24, 2.45) is 0 Å². The van der Waals surface area contributed by atoms with Gasteiger partial charge in [-0.15, -0.1) is 0 Å². The van der Waals surface area contributed by atoms with E-state index in [1.54, 1.807) is 6.08 Å². The van der Waals surface area contributed by atoms with E-state index in [9.17, 15) is 5.11 Å². The van der Waals surface area contributed by atoms with Crippen molar-refractivity contribution in [2.45, 2.75) is 32.3 Å². The molecule has 0 aliphatic rings. The predicted octanol–water partition coefficient (Wildman–Crippen LogP) is 6.54. The van der Waals surface area contributed by atoms with Crippen LogP contribution in [0.5, 0.6) is 5.75 Å². The minimum Gasteiger partial charge on any atom is -0.490 e. The van der Waals surface area contributed by atoms with E-state index in [-0.39, 0.29) is 6.10 Å². The topological polar surface area (TPSA) is 42.4 Å². The number of nitrogens with zero attached hydrogens (tertiary/aromatic N) is 1. The van der Waals surface area contributed by atoms with Crippen molar-refractivity contribution >= 4 is 6.08 Å². The maximum atomic E-state index is 9.29. The van der Waals surface area contributed by atoms with Crippen molar-refractivity contribution in [1.82, 2.24) is 4.98 Å². The van der Waals surface area contributed by atoms with E-state index >= 15 is 0 Å². The summed E-state index contributed by atoms with van der Waals surface area (Å²) in [5.41, 5.74) is 5.41. The fourth-order valence-corrected chi connectivity index (χ4v) is 3.15. The Hall–Kier alpha value is -3.17. The molecule has 154 valence electrons. The zero-order chi connectivity index (χ0) is 21.2. The van der Waals surface area contributed by atoms with Gasteiger partial charge in [-0.05, 0) is 55.5 Å². The highest BCUT2D eigenvalue weighted by molar-refractivity contribution is 5.68. The summed E-state index contributed by atoms with van der Waals surface area (Å²) < 4.78 is 5.53. The molecular formula is C27H29NO2. The molecule has 0 amide bonds. The Morgan fingerprint density at radius 1 is 0.967 bits per heavy atom. The van der Waals surface area contributed by atoms with Gasteiger partial charge in [-0.3, -0.25) is 4.98 Å². The first kappa shape index (κ1) is 21.5. The lowest BCUT2D eigenvalue weighted by molar-refractivity contribution is 0.182. The Balaban J connectivity index is 1.60. The first-order chi connectivity index (χ1) is 14.7. The predicted molar refractivity (Wildman–Crippen MR) is 125 cm³/mol. The second-order valence-corrected chi connectivity index (χ2v) is 7.36. The van der Waals surface area contributed by atoms with Gasteiger partial charge in [0.1, 0.15) is 12.4 Å². The third-order valence-electron chi connectivity index (χ3n) is 4.83. The van der Waals surface area contributed by atoms with Crippen LogP contribution in [0.15, 0.2) is 85.6 Å². The second kappa shape index (κ2) is 11.1. The highest BCUT2D eigenvalue weighted by Gasteiger charge is 2.03. The van der Waals surface area contributed by atoms with Crippen LogP contribution in [0.4, 0.5) is 0 Å². The zero-order valence-corrected chi connectivity index (χ0v) is 17.5. The first-order valence-electron chi connectivity index (χ1n) is 10.4. The van der Waals surface area contributed by atoms with Crippen molar-refractivity contribution in [3.8, 4) is 28.1 Å². The molecule has 1 N–H and O–H groups in total. The summed E-state index contributed by atoms with van der Waals surface area (Å²) in [5, 5.41) is 9.29. The number of aromatic nitrogens is 1. The van der Waals surface area contributed by atoms with Crippen molar-refractivity contribution in [2.75, 3.05) is 6.61 Å². The summed E-state index contributed by atoms with van der Waals surface area (Å²) in [6, 6.07) is 20.6. The number of hydrogen-bond acceptors (Lipinski definition) is 3. The molecule has 0 bridgehead atoms. The molecule has 0 saturated heterocycles. The Kier molecular flexibility index (Phi) is 7.99. The van der Waals surface area contributed by atoms with Crippen molar-refractivity contribution in [3.63, 3.8) is 0 Å². The molecule has 1 heterocycles. The van der Waals surface area contributed by atoms with E-state index in [1.165, 1.54) is 5.56 Å². The molecular weight excluding hydrogens is 370 g/mol. The average Bonchev–Trinajstić information content (AvgIpc) is 2.78. The van der Waals surface area contributed by atoms with Crippen molar-refractivity contribution in [1.29, 1.82) is 0 Å². The SMILES string of the molecule is C=CCOc1ccc(-c2ccc(-c3ccc(C=CCCCC(C)O)cc3)nc2)cc1. The molecule has 0 aliphatic carbocycles. The quantitative estimate of drug-likeness (QED) is 0.311. The van der Waals surface area contributed by atoms with E-state index in [2.05, 4.69) is 60.1 Å². The van der Waals surface area contributed by atoms with Gasteiger partial charge in [0.2, 0.25) is 0 Å². The molecule has 1 atom stereocenters. The van der Waals surface area contributed by atoms with E-state index in [0.29, 0.717) is 6.61 Å². The van der Waals surface area contributed by atoms with Crippen molar-refractivity contribution in [3.05, 3.63) is 91.2 Å². The maximum Gasteiger partial charge on any atom is 0.119 e. The molecule has 2 aromatic carbocycles. The highest BCUT2D eigenvalue weighted by Crippen LogP contribution is 2.25. The minimum absolute atomic E-state index is 0.215. The lowest BCUT2D eigenvalue weighted by atomic mass is 10.0. The summed E-state index contributed by atoms with van der Waals surface area (Å²) in [4.78, 5) is 4.64. The number of aliphatic hydroxyl groups excluding tert-OH is 1. The van der Waals surface area contributed by atoms with Crippen LogP contribution in [0.2, 0.25) is 0 Å². The fraction of sp³-hybridized carbons (Fsp3) is 0.222. The van der Waals surface area contributed by atoms with Crippen LogP contribution in [0, 0.1) is 0 Å². The number of aliphatic hydroxyl groups is 1. The van der Waals surface area contributed by atoms with Gasteiger partial charge < -0.3 is 9.84 Å². The Bertz CT molecular complexity index is 940. The van der Waals surface area contributed by atoms with Crippen LogP contribution in [0.1, 0.15) is 31.7 Å². The molecule has 30 heavy (non-hydrogen) atoms. The number of allylic oxidation sites excluding steroid dienone is 1. The van der Waals surface area contributed by atoms with Crippen LogP contribution >= 0.6 is 0 Å². The number of hydrogen-bond donors (Lipinski definition) is 1. The first-order valence-corrected chi connectivity index (χ1v) is 10.4. The van der Waals surface area contributed by atoms with E-state index in [1.807, 2.05) is 37.4 Å². The molecule has 0 radical (unpaired) electrons. The number of pyridine rings is 1. The smallest absolute Gasteiger partial charge is 0.119 e. The third kappa shape index (κ3) is 6.43. The number of benzene rings is 2. The van der Waals surface area contributed by atoms with E-state index < -0.39 is 0 Å². The van der Waals surface area contributed by atoms with Crippen LogP contribution in [0.25, 0.3) is 28.5 Å². The van der Waals surface area contributed by atoms with E-state index in [4.69, 9.17) is 4.74 Å². The molecule has 0 aliphatic heterocycles. The van der Waals surface area contributed by atoms with Gasteiger partial charge in [-0.1, -0.05) is 67.3 Å². The summed E-state index contributed by atoms with van der Waals surface area (Å²) in [7, 11) is 0. The van der Waals surface area contributed by atoms with Gasteiger partial charge in [0, 0.05) is 17.3 Å². The fourth-order valence-electron chi connectivity index (χ4n) is 3.15. The number of rotatable bonds is 10. The largest absolute Gasteiger partial charge is 0.490 e. The Labute approximate surface area is 179 Å². The average molecular weight is 400 g/mol. The van der Waals surface area contributed by atoms with Crippen molar-refractivity contribution < 1.29 is 9.84 Å². The molecule has 3 rings (SSSR count). The minimum atomic E-state index is -0.215. The highest BCUT2D eigenvalue weighted by atomic mass is 16.5. The monoisotopic (exact) mass is 399 g/mol. The molecule has 3 heteroatoms. The third-order valence-corrected chi connectivity index (χ3v) is 4.83. The van der Waals surface area contributed by atoms with Crippen LogP contribution in [-0.4, -0.2) is 22.8 Å². The van der Waals surface area contributed by atoms with E-state index in [0.717, 1.165) is 47.4 Å². The summed E-state index contributed by atoms with van der Waals surface area (Å²) in [6.45, 7) is 6.00. The molecule has 3 aromatic rings. The van der Waals surface area contributed by atoms with Crippen LogP contribution in [0.3, 0.4) is 0 Å². The molecule has 0 spiro atoms. The lowest BCUT2D eigenvalue weighted by Crippen LogP contribution is -1.97. The standard InChI is InChI=1S/C27H29NO2/c1-3-19-30-26-16-13-23(14-17-26)25-15-18-27(28-20-25)24-11-9-22(10-12-24)8-6-4-5-7-21(2)29/h3,6,8-18,20-21,29H,1,4-5,7,19H2,2H3. The van der Waals surface area contributed by atoms with Gasteiger partial charge in [0.05, 0.1) is 11.8 Å². The van der Waals surface area contributed by atoms with Crippen LogP contribution < -0.4 is 4.74 Å². The van der Waals surface area contributed by atoms with Gasteiger partial charge in [-0.25, -0.2) is 0 Å². The molecule has 1 aromatic heterocycles. The van der Waals surface area contributed by atoms with Gasteiger partial charge in [-0.2, -0.15) is 0 Å². The normalized spacial score (nSPS) is 12.1. The second-order valence-electron chi connectivity index (χ2n) is 7.36. The molecule has 1 unspecified atom stereocenters. The Morgan fingerprint density at radius 2 is 1.67 bits per heavy atom. The molecule has 0 saturated carbocycles. The van der Waals surface area contributed by atoms with Gasteiger partial charge in [0.15, 0.2) is 0 Å². The van der Waals surface area contributed by atoms with Crippen LogP contribution in [-0.2, 0) is 0 Å². The summed E-state index contributed by atoms with van der Waals surface area (Å²) in [5.74, 6) is 0.834. The molecule has 0 fully saturated rings. The lowest BCUT2D eigenvalue weighted by Gasteiger charge is -2.07. The summed E-state index contributed by atoms with van der Waals surface area (Å²) in [6.07, 6.45) is 10.6. The van der Waals surface area contributed by atoms with Gasteiger partial charge in [0.25, 0.3) is 0 Å². The van der Waals surface area contributed by atoms with Gasteiger partial charge >= 0.3 is 0 Å². The number of unbranched alkanes of at least 4 members (excludes halogenated alkanes) is 1. The summed E-state index contributed by atoms with van der Waals surface area (Å²) >= 11 is 0. The molecule has 3 nitrogen and oxygen atoms in total.